The summed E-state index contributed by atoms with van der Waals surface area (Å²) < 4.78 is 55.4. The molecule has 0 aromatic carbocycles. The van der Waals surface area contributed by atoms with Crippen LogP contribution in [0.4, 0.5) is 18.9 Å². The zero-order valence-electron chi connectivity index (χ0n) is 15.3. The molecule has 1 aromatic rings. The van der Waals surface area contributed by atoms with Crippen molar-refractivity contribution in [2.24, 2.45) is 0 Å². The summed E-state index contributed by atoms with van der Waals surface area (Å²) in [6, 6.07) is -0.861. The lowest BCUT2D eigenvalue weighted by Gasteiger charge is -2.25. The molecule has 28 heavy (non-hydrogen) atoms. The van der Waals surface area contributed by atoms with Gasteiger partial charge in [0, 0.05) is 12.7 Å². The molecule has 0 bridgehead atoms. The molecule has 2 rings (SSSR count). The van der Waals surface area contributed by atoms with Gasteiger partial charge >= 0.3 is 12.1 Å². The van der Waals surface area contributed by atoms with Gasteiger partial charge in [0.1, 0.15) is 5.56 Å². The summed E-state index contributed by atoms with van der Waals surface area (Å²) in [6.07, 6.45) is 0.369. The average Bonchev–Trinajstić information content (AvgIpc) is 2.64. The van der Waals surface area contributed by atoms with Gasteiger partial charge in [-0.05, 0) is 26.2 Å². The van der Waals surface area contributed by atoms with E-state index in [0.29, 0.717) is 13.0 Å². The lowest BCUT2D eigenvalue weighted by molar-refractivity contribution is -0.162. The third-order valence-corrected chi connectivity index (χ3v) is 3.83. The van der Waals surface area contributed by atoms with Gasteiger partial charge in [0.05, 0.1) is 31.1 Å². The van der Waals surface area contributed by atoms with Crippen molar-refractivity contribution in [3.05, 3.63) is 34.3 Å². The predicted octanol–water partition coefficient (Wildman–Crippen LogP) is 2.23. The number of carbonyl (C=O) groups excluding carboxylic acids is 1. The molecule has 156 valence electrons. The van der Waals surface area contributed by atoms with Crippen LogP contribution in [0.25, 0.3) is 0 Å². The summed E-state index contributed by atoms with van der Waals surface area (Å²) >= 11 is 0. The first kappa shape index (κ1) is 21.9. The van der Waals surface area contributed by atoms with Crippen molar-refractivity contribution in [2.45, 2.75) is 44.7 Å². The number of aromatic amines is 1. The maximum absolute atomic E-state index is 13.2. The molecule has 0 radical (unpaired) electrons. The molecule has 2 heterocycles. The van der Waals surface area contributed by atoms with Crippen LogP contribution in [0.1, 0.15) is 31.7 Å². The number of alkyl halides is 3. The first-order chi connectivity index (χ1) is 13.3. The Morgan fingerprint density at radius 1 is 1.50 bits per heavy atom. The van der Waals surface area contributed by atoms with Crippen molar-refractivity contribution in [1.29, 1.82) is 0 Å². The van der Waals surface area contributed by atoms with E-state index in [4.69, 9.17) is 14.2 Å². The van der Waals surface area contributed by atoms with Crippen molar-refractivity contribution in [3.8, 4) is 0 Å². The van der Waals surface area contributed by atoms with Gasteiger partial charge < -0.3 is 19.5 Å². The van der Waals surface area contributed by atoms with E-state index in [1.807, 2.05) is 0 Å². The van der Waals surface area contributed by atoms with Crippen LogP contribution in [-0.2, 0) is 25.2 Å². The first-order valence-electron chi connectivity index (χ1n) is 8.80. The van der Waals surface area contributed by atoms with Gasteiger partial charge in [-0.2, -0.15) is 18.3 Å². The molecule has 1 fully saturated rings. The van der Waals surface area contributed by atoms with E-state index < -0.39 is 41.3 Å². The smallest absolute Gasteiger partial charge is 0.423 e. The Bertz CT molecular complexity index is 729. The Balaban J connectivity index is 2.17. The number of halogens is 3. The Kier molecular flexibility index (Phi) is 8.00. The number of anilines is 1. The fourth-order valence-corrected chi connectivity index (χ4v) is 2.57. The van der Waals surface area contributed by atoms with Gasteiger partial charge in [-0.3, -0.25) is 4.79 Å². The summed E-state index contributed by atoms with van der Waals surface area (Å²) in [6.45, 7) is 2.23. The van der Waals surface area contributed by atoms with Crippen LogP contribution in [0, 0.1) is 0 Å². The van der Waals surface area contributed by atoms with E-state index >= 15 is 0 Å². The van der Waals surface area contributed by atoms with Crippen LogP contribution in [0.15, 0.2) is 23.1 Å². The van der Waals surface area contributed by atoms with Gasteiger partial charge in [-0.15, -0.1) is 0 Å². The third-order valence-electron chi connectivity index (χ3n) is 3.83. The topological polar surface area (TPSA) is 103 Å². The van der Waals surface area contributed by atoms with Crippen LogP contribution in [0.5, 0.6) is 0 Å². The lowest BCUT2D eigenvalue weighted by Crippen LogP contribution is -2.32. The molecule has 0 amide bonds. The van der Waals surface area contributed by atoms with Crippen LogP contribution < -0.4 is 10.9 Å². The first-order valence-corrected chi connectivity index (χ1v) is 8.80. The molecule has 8 nitrogen and oxygen atoms in total. The molecule has 0 saturated carbocycles. The molecule has 1 aliphatic rings. The molecule has 2 N–H and O–H groups in total. The fourth-order valence-electron chi connectivity index (χ4n) is 2.57. The normalized spacial score (nSPS) is 18.8. The molecule has 1 saturated heterocycles. The van der Waals surface area contributed by atoms with Crippen molar-refractivity contribution in [3.63, 3.8) is 0 Å². The number of nitrogens with one attached hydrogen (secondary N) is 2. The Morgan fingerprint density at radius 3 is 2.93 bits per heavy atom. The summed E-state index contributed by atoms with van der Waals surface area (Å²) in [5.41, 5.74) is -3.31. The zero-order chi connectivity index (χ0) is 20.6. The van der Waals surface area contributed by atoms with E-state index in [0.717, 1.165) is 25.1 Å². The number of esters is 1. The van der Waals surface area contributed by atoms with E-state index in [1.54, 1.807) is 12.0 Å². The van der Waals surface area contributed by atoms with Crippen LogP contribution in [-0.4, -0.2) is 48.3 Å². The third kappa shape index (κ3) is 6.64. The Labute approximate surface area is 159 Å². The Hall–Kier alpha value is -2.40. The predicted molar refractivity (Wildman–Crippen MR) is 92.6 cm³/mol. The number of aromatic nitrogens is 2. The number of ether oxygens (including phenoxy) is 3. The molecule has 0 spiro atoms. The highest BCUT2D eigenvalue weighted by molar-refractivity contribution is 5.82. The van der Waals surface area contributed by atoms with Gasteiger partial charge in [0.2, 0.25) is 0 Å². The van der Waals surface area contributed by atoms with Crippen LogP contribution >= 0.6 is 0 Å². The SMILES string of the molecule is CCOC(=O)/C=C/[C@H](COC1CCCCO1)Nc1cn[nH]c(=O)c1C(F)(F)F. The maximum atomic E-state index is 13.2. The van der Waals surface area contributed by atoms with Crippen molar-refractivity contribution < 1.29 is 32.2 Å². The lowest BCUT2D eigenvalue weighted by atomic mass is 10.2. The van der Waals surface area contributed by atoms with Crippen molar-refractivity contribution in [2.75, 3.05) is 25.1 Å². The summed E-state index contributed by atoms with van der Waals surface area (Å²) in [7, 11) is 0. The Morgan fingerprint density at radius 2 is 2.29 bits per heavy atom. The molecular weight excluding hydrogens is 383 g/mol. The van der Waals surface area contributed by atoms with Crippen LogP contribution in [0.2, 0.25) is 0 Å². The highest BCUT2D eigenvalue weighted by Gasteiger charge is 2.37. The standard InChI is InChI=1S/C17H22F3N3O5/c1-2-26-13(24)7-6-11(10-28-14-5-3-4-8-27-14)22-12-9-21-23-16(25)15(12)17(18,19)20/h6-7,9,11,14H,2-5,8,10H2,1H3,(H2,22,23,25)/b7-6+/t11-,14?/m1/s1. The van der Waals surface area contributed by atoms with E-state index in [9.17, 15) is 22.8 Å². The van der Waals surface area contributed by atoms with Gasteiger partial charge in [-0.1, -0.05) is 6.08 Å². The second-order valence-electron chi connectivity index (χ2n) is 5.98. The number of H-pyrrole nitrogens is 1. The quantitative estimate of drug-likeness (QED) is 0.505. The van der Waals surface area contributed by atoms with E-state index in [2.05, 4.69) is 10.4 Å². The number of rotatable bonds is 8. The highest BCUT2D eigenvalue weighted by atomic mass is 19.4. The zero-order valence-corrected chi connectivity index (χ0v) is 15.3. The highest BCUT2D eigenvalue weighted by Crippen LogP contribution is 2.31. The summed E-state index contributed by atoms with van der Waals surface area (Å²) in [5.74, 6) is -0.650. The molecule has 1 aliphatic heterocycles. The molecule has 0 aliphatic carbocycles. The molecular formula is C17H22F3N3O5. The van der Waals surface area contributed by atoms with Gasteiger partial charge in [0.25, 0.3) is 5.56 Å². The number of carbonyl (C=O) groups is 1. The second kappa shape index (κ2) is 10.2. The monoisotopic (exact) mass is 405 g/mol. The maximum Gasteiger partial charge on any atom is 0.423 e. The van der Waals surface area contributed by atoms with Gasteiger partial charge in [0.15, 0.2) is 6.29 Å². The summed E-state index contributed by atoms with van der Waals surface area (Å²) in [4.78, 5) is 23.1. The summed E-state index contributed by atoms with van der Waals surface area (Å²) in [5, 5.41) is 7.72. The van der Waals surface area contributed by atoms with Crippen LogP contribution in [0.3, 0.4) is 0 Å². The second-order valence-corrected chi connectivity index (χ2v) is 5.98. The molecule has 2 atom stereocenters. The number of hydrogen-bond donors (Lipinski definition) is 2. The number of nitrogens with zero attached hydrogens (tertiary/aromatic N) is 1. The largest absolute Gasteiger partial charge is 0.463 e. The minimum absolute atomic E-state index is 0.0926. The minimum Gasteiger partial charge on any atom is -0.463 e. The fraction of sp³-hybridized carbons (Fsp3) is 0.588. The molecule has 1 unspecified atom stereocenters. The average molecular weight is 405 g/mol. The molecule has 11 heteroatoms. The van der Waals surface area contributed by atoms with Crippen molar-refractivity contribution in [1.82, 2.24) is 10.2 Å². The number of hydrogen-bond acceptors (Lipinski definition) is 7. The van der Waals surface area contributed by atoms with Gasteiger partial charge in [-0.25, -0.2) is 9.89 Å². The molecule has 1 aromatic heterocycles. The minimum atomic E-state index is -4.89. The van der Waals surface area contributed by atoms with E-state index in [-0.39, 0.29) is 13.2 Å². The van der Waals surface area contributed by atoms with Crippen molar-refractivity contribution >= 4 is 11.7 Å². The van der Waals surface area contributed by atoms with E-state index in [1.165, 1.54) is 6.08 Å².